The van der Waals surface area contributed by atoms with Gasteiger partial charge in [0.15, 0.2) is 0 Å². The molecule has 2 aliphatic rings. The second-order valence-electron chi connectivity index (χ2n) is 9.09. The number of nitrogens with one attached hydrogen (secondary N) is 1. The Morgan fingerprint density at radius 1 is 1.12 bits per heavy atom. The first kappa shape index (κ1) is 22.4. The van der Waals surface area contributed by atoms with Gasteiger partial charge in [-0.15, -0.1) is 0 Å². The van der Waals surface area contributed by atoms with E-state index in [4.69, 9.17) is 0 Å². The normalized spacial score (nSPS) is 19.3. The van der Waals surface area contributed by atoms with Gasteiger partial charge in [-0.3, -0.25) is 4.79 Å². The summed E-state index contributed by atoms with van der Waals surface area (Å²) in [5.41, 5.74) is -3.54. The van der Waals surface area contributed by atoms with Gasteiger partial charge in [0.1, 0.15) is 11.4 Å². The number of anilines is 2. The summed E-state index contributed by atoms with van der Waals surface area (Å²) in [6, 6.07) is 6.70. The average molecular weight is 465 g/mol. The molecule has 1 N–H and O–H groups in total. The van der Waals surface area contributed by atoms with Gasteiger partial charge >= 0.3 is 11.5 Å². The van der Waals surface area contributed by atoms with Crippen LogP contribution in [0.5, 0.6) is 0 Å². The van der Waals surface area contributed by atoms with Crippen LogP contribution in [0, 0.1) is 0 Å². The summed E-state index contributed by atoms with van der Waals surface area (Å²) in [5.74, 6) is 0.384. The number of benzene rings is 1. The summed E-state index contributed by atoms with van der Waals surface area (Å²) in [4.78, 5) is 33.3. The largest absolute Gasteiger partial charge is 0.446 e. The Morgan fingerprint density at radius 2 is 1.78 bits per heavy atom. The number of halogens is 3. The number of imide groups is 1. The van der Waals surface area contributed by atoms with Crippen molar-refractivity contribution in [1.82, 2.24) is 9.88 Å². The molecule has 3 amide bonds. The molecule has 10 heteroatoms. The zero-order chi connectivity index (χ0) is 23.5. The first-order valence-corrected chi connectivity index (χ1v) is 10.9. The zero-order valence-electron chi connectivity index (χ0n) is 18.1. The predicted octanol–water partition coefficient (Wildman–Crippen LogP) is 5.14. The molecular formula is C22H23F3N4O2S. The van der Waals surface area contributed by atoms with E-state index in [1.54, 1.807) is 20.0 Å². The number of nitrogens with zero attached hydrogens (tertiary/aromatic N) is 3. The van der Waals surface area contributed by atoms with Crippen LogP contribution in [0.3, 0.4) is 0 Å². The Labute approximate surface area is 188 Å². The average Bonchev–Trinajstić information content (AvgIpc) is 3.08. The van der Waals surface area contributed by atoms with Crippen molar-refractivity contribution in [3.05, 3.63) is 47.7 Å². The van der Waals surface area contributed by atoms with Gasteiger partial charge in [-0.05, 0) is 61.5 Å². The number of alkyl halides is 3. The van der Waals surface area contributed by atoms with Gasteiger partial charge in [0.05, 0.1) is 12.2 Å². The fourth-order valence-corrected chi connectivity index (χ4v) is 4.50. The Kier molecular flexibility index (Phi) is 5.19. The van der Waals surface area contributed by atoms with E-state index >= 15 is 0 Å². The molecule has 2 aliphatic heterocycles. The van der Waals surface area contributed by atoms with E-state index in [2.05, 4.69) is 24.1 Å². The quantitative estimate of drug-likeness (QED) is 0.501. The van der Waals surface area contributed by atoms with Crippen LogP contribution in [0.2, 0.25) is 0 Å². The molecular weight excluding hydrogens is 441 g/mol. The number of hydrogen-bond acceptors (Lipinski definition) is 5. The second kappa shape index (κ2) is 7.40. The molecule has 0 atom stereocenters. The van der Waals surface area contributed by atoms with E-state index in [0.717, 1.165) is 28.4 Å². The van der Waals surface area contributed by atoms with Crippen molar-refractivity contribution >= 4 is 35.2 Å². The lowest BCUT2D eigenvalue weighted by Gasteiger charge is -2.28. The Hall–Kier alpha value is -2.75. The third kappa shape index (κ3) is 3.92. The van der Waals surface area contributed by atoms with Crippen LogP contribution >= 0.6 is 11.8 Å². The molecule has 170 valence electrons. The number of rotatable bonds is 4. The summed E-state index contributed by atoms with van der Waals surface area (Å²) in [6.45, 7) is 8.48. The topological polar surface area (TPSA) is 65.5 Å². The van der Waals surface area contributed by atoms with Crippen molar-refractivity contribution in [2.45, 2.75) is 55.6 Å². The highest BCUT2D eigenvalue weighted by atomic mass is 32.2. The highest BCUT2D eigenvalue weighted by Crippen LogP contribution is 2.39. The minimum Gasteiger partial charge on any atom is -0.369 e. The van der Waals surface area contributed by atoms with Crippen LogP contribution in [0.4, 0.5) is 29.5 Å². The fourth-order valence-electron chi connectivity index (χ4n) is 3.96. The van der Waals surface area contributed by atoms with Gasteiger partial charge in [0, 0.05) is 28.6 Å². The molecule has 0 saturated carbocycles. The van der Waals surface area contributed by atoms with Gasteiger partial charge in [0.25, 0.3) is 5.91 Å². The summed E-state index contributed by atoms with van der Waals surface area (Å²) in [7, 11) is 0. The summed E-state index contributed by atoms with van der Waals surface area (Å²) < 4.78 is 37.8. The number of urea groups is 1. The van der Waals surface area contributed by atoms with E-state index in [9.17, 15) is 22.8 Å². The molecule has 1 fully saturated rings. The third-order valence-corrected chi connectivity index (χ3v) is 6.60. The number of hydrogen-bond donors (Lipinski definition) is 1. The highest BCUT2D eigenvalue weighted by molar-refractivity contribution is 8.00. The van der Waals surface area contributed by atoms with Gasteiger partial charge < -0.3 is 10.2 Å². The predicted molar refractivity (Wildman–Crippen MR) is 117 cm³/mol. The van der Waals surface area contributed by atoms with Crippen LogP contribution in [0.25, 0.3) is 0 Å². The van der Waals surface area contributed by atoms with E-state index < -0.39 is 23.0 Å². The van der Waals surface area contributed by atoms with Gasteiger partial charge in [-0.25, -0.2) is 14.7 Å². The molecule has 0 radical (unpaired) electrons. The maximum Gasteiger partial charge on any atom is 0.446 e. The standard InChI is InChI=1S/C22H23F3N4O2S/c1-20(2)12-27-17-16(20)9-13(10-26-17)11-28-19(31)29(18(30)21(28,3)4)14-5-7-15(8-6-14)32-22(23,24)25/h5-10H,11-12H2,1-4H3,(H,26,27). The number of amides is 3. The molecule has 32 heavy (non-hydrogen) atoms. The zero-order valence-corrected chi connectivity index (χ0v) is 18.9. The summed E-state index contributed by atoms with van der Waals surface area (Å²) in [5, 5.41) is 3.26. The molecule has 6 nitrogen and oxygen atoms in total. The van der Waals surface area contributed by atoms with Gasteiger partial charge in [-0.2, -0.15) is 13.2 Å². The Morgan fingerprint density at radius 3 is 2.41 bits per heavy atom. The first-order valence-electron chi connectivity index (χ1n) is 10.0. The van der Waals surface area contributed by atoms with Crippen molar-refractivity contribution in [3.8, 4) is 0 Å². The van der Waals surface area contributed by atoms with Crippen LogP contribution in [-0.4, -0.2) is 39.4 Å². The van der Waals surface area contributed by atoms with E-state index in [-0.39, 0.29) is 34.3 Å². The Balaban J connectivity index is 1.59. The summed E-state index contributed by atoms with van der Waals surface area (Å²) >= 11 is -0.246. The van der Waals surface area contributed by atoms with Crippen LogP contribution in [0.15, 0.2) is 41.4 Å². The minimum absolute atomic E-state index is 0.0168. The van der Waals surface area contributed by atoms with E-state index in [1.807, 2.05) is 6.07 Å². The smallest absolute Gasteiger partial charge is 0.369 e. The van der Waals surface area contributed by atoms with Crippen molar-refractivity contribution in [2.75, 3.05) is 16.8 Å². The molecule has 0 aliphatic carbocycles. The van der Waals surface area contributed by atoms with Gasteiger partial charge in [0.2, 0.25) is 0 Å². The highest BCUT2D eigenvalue weighted by Gasteiger charge is 2.51. The first-order chi connectivity index (χ1) is 14.8. The van der Waals surface area contributed by atoms with Crippen molar-refractivity contribution in [3.63, 3.8) is 0 Å². The third-order valence-electron chi connectivity index (χ3n) is 5.86. The number of aromatic nitrogens is 1. The molecule has 3 heterocycles. The maximum atomic E-state index is 13.2. The monoisotopic (exact) mass is 464 g/mol. The fraction of sp³-hybridized carbons (Fsp3) is 0.409. The number of thioether (sulfide) groups is 1. The van der Waals surface area contributed by atoms with Crippen LogP contribution < -0.4 is 10.2 Å². The number of carbonyl (C=O) groups excluding carboxylic acids is 2. The van der Waals surface area contributed by atoms with Crippen molar-refractivity contribution in [1.29, 1.82) is 0 Å². The number of pyridine rings is 1. The lowest BCUT2D eigenvalue weighted by Crippen LogP contribution is -2.43. The molecule has 1 aromatic heterocycles. The number of carbonyl (C=O) groups is 2. The maximum absolute atomic E-state index is 13.2. The minimum atomic E-state index is -4.41. The second-order valence-corrected chi connectivity index (χ2v) is 10.2. The van der Waals surface area contributed by atoms with Crippen molar-refractivity contribution < 1.29 is 22.8 Å². The van der Waals surface area contributed by atoms with Crippen LogP contribution in [0.1, 0.15) is 38.8 Å². The SMILES string of the molecule is CC1(C)CNc2ncc(CN3C(=O)N(c4ccc(SC(F)(F)F)cc4)C(=O)C3(C)C)cc21. The lowest BCUT2D eigenvalue weighted by atomic mass is 9.87. The molecule has 2 aromatic rings. The lowest BCUT2D eigenvalue weighted by molar-refractivity contribution is -0.123. The van der Waals surface area contributed by atoms with Crippen LogP contribution in [-0.2, 0) is 16.8 Å². The molecule has 0 unspecified atom stereocenters. The molecule has 1 aromatic carbocycles. The Bertz CT molecular complexity index is 1080. The number of fused-ring (bicyclic) bond motifs is 1. The molecule has 0 bridgehead atoms. The molecule has 0 spiro atoms. The molecule has 1 saturated heterocycles. The van der Waals surface area contributed by atoms with Crippen molar-refractivity contribution in [2.24, 2.45) is 0 Å². The van der Waals surface area contributed by atoms with E-state index in [1.165, 1.54) is 29.2 Å². The van der Waals surface area contributed by atoms with Gasteiger partial charge in [-0.1, -0.05) is 13.8 Å². The summed E-state index contributed by atoms with van der Waals surface area (Å²) in [6.07, 6.45) is 1.69. The molecule has 4 rings (SSSR count). The van der Waals surface area contributed by atoms with E-state index in [0.29, 0.717) is 0 Å².